The van der Waals surface area contributed by atoms with E-state index >= 15 is 0 Å². The molecule has 0 saturated carbocycles. The molecule has 0 atom stereocenters. The van der Waals surface area contributed by atoms with Gasteiger partial charge in [-0.2, -0.15) is 5.10 Å². The molecule has 0 unspecified atom stereocenters. The highest BCUT2D eigenvalue weighted by molar-refractivity contribution is 5.90. The van der Waals surface area contributed by atoms with Crippen LogP contribution < -0.4 is 10.9 Å². The van der Waals surface area contributed by atoms with Gasteiger partial charge >= 0.3 is 0 Å². The molecule has 0 fully saturated rings. The van der Waals surface area contributed by atoms with Gasteiger partial charge in [0.2, 0.25) is 5.91 Å². The van der Waals surface area contributed by atoms with Gasteiger partial charge in [-0.3, -0.25) is 9.59 Å². The van der Waals surface area contributed by atoms with Crippen molar-refractivity contribution in [2.24, 2.45) is 0 Å². The van der Waals surface area contributed by atoms with Crippen LogP contribution in [0.3, 0.4) is 0 Å². The minimum Gasteiger partial charge on any atom is -0.324 e. The van der Waals surface area contributed by atoms with Gasteiger partial charge in [0.25, 0.3) is 5.56 Å². The maximum absolute atomic E-state index is 12.1. The smallest absolute Gasteiger partial charge is 0.267 e. The lowest BCUT2D eigenvalue weighted by Crippen LogP contribution is -2.29. The van der Waals surface area contributed by atoms with Crippen LogP contribution in [-0.4, -0.2) is 15.7 Å². The van der Waals surface area contributed by atoms with E-state index in [1.54, 1.807) is 18.2 Å². The van der Waals surface area contributed by atoms with Crippen LogP contribution in [0.25, 0.3) is 11.3 Å². The van der Waals surface area contributed by atoms with Crippen LogP contribution >= 0.6 is 0 Å². The Kier molecular flexibility index (Phi) is 4.29. The van der Waals surface area contributed by atoms with E-state index < -0.39 is 0 Å². The average Bonchev–Trinajstić information content (AvgIpc) is 2.58. The number of benzene rings is 2. The molecule has 0 bridgehead atoms. The van der Waals surface area contributed by atoms with E-state index in [0.29, 0.717) is 11.4 Å². The summed E-state index contributed by atoms with van der Waals surface area (Å²) >= 11 is 0. The lowest BCUT2D eigenvalue weighted by atomic mass is 10.1. The van der Waals surface area contributed by atoms with Gasteiger partial charge < -0.3 is 5.32 Å². The van der Waals surface area contributed by atoms with Crippen LogP contribution in [0.5, 0.6) is 0 Å². The van der Waals surface area contributed by atoms with E-state index in [2.05, 4.69) is 10.4 Å². The summed E-state index contributed by atoms with van der Waals surface area (Å²) in [5.41, 5.74) is 1.92. The first-order chi connectivity index (χ1) is 11.2. The zero-order chi connectivity index (χ0) is 16.1. The third-order valence-corrected chi connectivity index (χ3v) is 3.29. The number of rotatable bonds is 4. The lowest BCUT2D eigenvalue weighted by Gasteiger charge is -2.08. The maximum atomic E-state index is 12.1. The van der Waals surface area contributed by atoms with Crippen LogP contribution in [-0.2, 0) is 11.3 Å². The molecule has 0 aliphatic carbocycles. The van der Waals surface area contributed by atoms with E-state index in [0.717, 1.165) is 5.56 Å². The topological polar surface area (TPSA) is 64.0 Å². The monoisotopic (exact) mass is 305 g/mol. The summed E-state index contributed by atoms with van der Waals surface area (Å²) in [6, 6.07) is 21.7. The van der Waals surface area contributed by atoms with E-state index in [1.807, 2.05) is 48.5 Å². The van der Waals surface area contributed by atoms with Crippen molar-refractivity contribution in [1.29, 1.82) is 0 Å². The summed E-state index contributed by atoms with van der Waals surface area (Å²) in [6.07, 6.45) is 0. The van der Waals surface area contributed by atoms with Gasteiger partial charge in [0.05, 0.1) is 5.69 Å². The summed E-state index contributed by atoms with van der Waals surface area (Å²) < 4.78 is 1.17. The minimum absolute atomic E-state index is 0.131. The van der Waals surface area contributed by atoms with Gasteiger partial charge in [-0.15, -0.1) is 0 Å². The molecule has 1 amide bonds. The van der Waals surface area contributed by atoms with Crippen LogP contribution in [0, 0.1) is 0 Å². The Hall–Kier alpha value is -3.21. The fourth-order valence-corrected chi connectivity index (χ4v) is 2.18. The van der Waals surface area contributed by atoms with Gasteiger partial charge in [0, 0.05) is 17.3 Å². The zero-order valence-corrected chi connectivity index (χ0v) is 12.3. The molecule has 114 valence electrons. The molecule has 0 radical (unpaired) electrons. The molecule has 0 aliphatic rings. The highest BCUT2D eigenvalue weighted by Gasteiger charge is 2.08. The van der Waals surface area contributed by atoms with Gasteiger partial charge in [-0.05, 0) is 18.2 Å². The predicted molar refractivity (Wildman–Crippen MR) is 89.0 cm³/mol. The summed E-state index contributed by atoms with van der Waals surface area (Å²) in [7, 11) is 0. The molecule has 1 aromatic heterocycles. The lowest BCUT2D eigenvalue weighted by molar-refractivity contribution is -0.117. The van der Waals surface area contributed by atoms with Crippen molar-refractivity contribution in [3.63, 3.8) is 0 Å². The summed E-state index contributed by atoms with van der Waals surface area (Å²) in [4.78, 5) is 24.0. The number of carbonyl (C=O) groups excluding carboxylic acids is 1. The van der Waals surface area contributed by atoms with Crippen molar-refractivity contribution >= 4 is 11.6 Å². The molecule has 3 rings (SSSR count). The van der Waals surface area contributed by atoms with Gasteiger partial charge in [-0.25, -0.2) is 4.68 Å². The Bertz CT molecular complexity index is 858. The summed E-state index contributed by atoms with van der Waals surface area (Å²) in [6.45, 7) is -0.131. The first kappa shape index (κ1) is 14.7. The first-order valence-corrected chi connectivity index (χ1v) is 7.21. The SMILES string of the molecule is O=C(Cn1nc(-c2ccccc2)ccc1=O)Nc1ccccc1. The minimum atomic E-state index is -0.312. The molecule has 0 saturated heterocycles. The number of carbonyl (C=O) groups is 1. The molecule has 1 N–H and O–H groups in total. The van der Waals surface area contributed by atoms with Crippen molar-refractivity contribution in [1.82, 2.24) is 9.78 Å². The second kappa shape index (κ2) is 6.70. The van der Waals surface area contributed by atoms with Crippen molar-refractivity contribution < 1.29 is 4.79 Å². The van der Waals surface area contributed by atoms with E-state index in [-0.39, 0.29) is 18.0 Å². The first-order valence-electron chi connectivity index (χ1n) is 7.21. The third kappa shape index (κ3) is 3.71. The number of hydrogen-bond donors (Lipinski definition) is 1. The van der Waals surface area contributed by atoms with Crippen molar-refractivity contribution in [3.05, 3.63) is 83.2 Å². The van der Waals surface area contributed by atoms with E-state index in [9.17, 15) is 9.59 Å². The van der Waals surface area contributed by atoms with Crippen molar-refractivity contribution in [2.75, 3.05) is 5.32 Å². The average molecular weight is 305 g/mol. The molecule has 5 heteroatoms. The highest BCUT2D eigenvalue weighted by Crippen LogP contribution is 2.14. The largest absolute Gasteiger partial charge is 0.324 e. The van der Waals surface area contributed by atoms with Crippen LogP contribution in [0.1, 0.15) is 0 Å². The van der Waals surface area contributed by atoms with Gasteiger partial charge in [-0.1, -0.05) is 48.5 Å². The molecule has 0 spiro atoms. The predicted octanol–water partition coefficient (Wildman–Crippen LogP) is 2.55. The van der Waals surface area contributed by atoms with Crippen molar-refractivity contribution in [2.45, 2.75) is 6.54 Å². The molecule has 2 aromatic carbocycles. The van der Waals surface area contributed by atoms with E-state index in [1.165, 1.54) is 10.7 Å². The Balaban J connectivity index is 1.80. The Morgan fingerprint density at radius 1 is 0.913 bits per heavy atom. The number of anilines is 1. The Labute approximate surface area is 133 Å². The Morgan fingerprint density at radius 2 is 1.57 bits per heavy atom. The standard InChI is InChI=1S/C18H15N3O2/c22-17(19-15-9-5-2-6-10-15)13-21-18(23)12-11-16(20-21)14-7-3-1-4-8-14/h1-12H,13H2,(H,19,22). The normalized spacial score (nSPS) is 10.3. The fraction of sp³-hybridized carbons (Fsp3) is 0.0556. The molecule has 3 aromatic rings. The van der Waals surface area contributed by atoms with Gasteiger partial charge in [0.1, 0.15) is 6.54 Å². The number of hydrogen-bond acceptors (Lipinski definition) is 3. The quantitative estimate of drug-likeness (QED) is 0.805. The van der Waals surface area contributed by atoms with Gasteiger partial charge in [0.15, 0.2) is 0 Å². The van der Waals surface area contributed by atoms with E-state index in [4.69, 9.17) is 0 Å². The zero-order valence-electron chi connectivity index (χ0n) is 12.3. The molecule has 23 heavy (non-hydrogen) atoms. The second-order valence-electron chi connectivity index (χ2n) is 4.99. The van der Waals surface area contributed by atoms with Crippen LogP contribution in [0.2, 0.25) is 0 Å². The van der Waals surface area contributed by atoms with Crippen LogP contribution in [0.15, 0.2) is 77.6 Å². The highest BCUT2D eigenvalue weighted by atomic mass is 16.2. The molecule has 0 aliphatic heterocycles. The Morgan fingerprint density at radius 3 is 2.26 bits per heavy atom. The summed E-state index contributed by atoms with van der Waals surface area (Å²) in [5, 5.41) is 7.01. The number of aromatic nitrogens is 2. The number of nitrogens with one attached hydrogen (secondary N) is 1. The maximum Gasteiger partial charge on any atom is 0.267 e. The number of para-hydroxylation sites is 1. The number of nitrogens with zero attached hydrogens (tertiary/aromatic N) is 2. The molecular formula is C18H15N3O2. The fourth-order valence-electron chi connectivity index (χ4n) is 2.18. The summed E-state index contributed by atoms with van der Waals surface area (Å²) in [5.74, 6) is -0.295. The van der Waals surface area contributed by atoms with Crippen molar-refractivity contribution in [3.8, 4) is 11.3 Å². The molecular weight excluding hydrogens is 290 g/mol. The molecule has 1 heterocycles. The molecule has 5 nitrogen and oxygen atoms in total. The number of amides is 1. The van der Waals surface area contributed by atoms with Crippen LogP contribution in [0.4, 0.5) is 5.69 Å². The third-order valence-electron chi connectivity index (χ3n) is 3.29. The second-order valence-corrected chi connectivity index (χ2v) is 4.99.